The van der Waals surface area contributed by atoms with Crippen LogP contribution in [0.1, 0.15) is 31.2 Å². The van der Waals surface area contributed by atoms with Crippen LogP contribution < -0.4 is 10.6 Å². The standard InChI is InChI=1S/C14H19BrN2/c15-12-9-11(14(10-16)5-6-14)3-4-13(12)17-7-1-2-8-17/h3-4,9H,1-2,5-8,10,16H2. The first-order valence-corrected chi connectivity index (χ1v) is 7.29. The fourth-order valence-electron chi connectivity index (χ4n) is 2.81. The van der Waals surface area contributed by atoms with Crippen LogP contribution in [-0.4, -0.2) is 19.6 Å². The molecule has 0 amide bonds. The lowest BCUT2D eigenvalue weighted by atomic mass is 9.96. The van der Waals surface area contributed by atoms with Gasteiger partial charge in [-0.25, -0.2) is 0 Å². The molecule has 0 aromatic heterocycles. The quantitative estimate of drug-likeness (QED) is 0.928. The van der Waals surface area contributed by atoms with Crippen molar-refractivity contribution in [1.82, 2.24) is 0 Å². The zero-order valence-corrected chi connectivity index (χ0v) is 11.7. The van der Waals surface area contributed by atoms with Crippen molar-refractivity contribution >= 4 is 21.6 Å². The van der Waals surface area contributed by atoms with Crippen LogP contribution in [0.2, 0.25) is 0 Å². The van der Waals surface area contributed by atoms with Crippen LogP contribution in [0.3, 0.4) is 0 Å². The lowest BCUT2D eigenvalue weighted by Gasteiger charge is -2.21. The van der Waals surface area contributed by atoms with Crippen molar-refractivity contribution < 1.29 is 0 Å². The summed E-state index contributed by atoms with van der Waals surface area (Å²) in [7, 11) is 0. The minimum atomic E-state index is 0.298. The maximum Gasteiger partial charge on any atom is 0.0510 e. The van der Waals surface area contributed by atoms with Crippen molar-refractivity contribution in [3.05, 3.63) is 28.2 Å². The first-order chi connectivity index (χ1) is 8.25. The third kappa shape index (κ3) is 2.00. The van der Waals surface area contributed by atoms with E-state index in [0.29, 0.717) is 5.41 Å². The number of hydrogen-bond acceptors (Lipinski definition) is 2. The summed E-state index contributed by atoms with van der Waals surface area (Å²) in [5, 5.41) is 0. The molecule has 3 rings (SSSR count). The van der Waals surface area contributed by atoms with E-state index in [-0.39, 0.29) is 0 Å². The molecule has 1 aromatic carbocycles. The first-order valence-electron chi connectivity index (χ1n) is 6.50. The first kappa shape index (κ1) is 11.5. The molecule has 92 valence electrons. The Balaban J connectivity index is 1.88. The number of anilines is 1. The lowest BCUT2D eigenvalue weighted by Crippen LogP contribution is -2.21. The van der Waals surface area contributed by atoms with Crippen molar-refractivity contribution in [1.29, 1.82) is 0 Å². The van der Waals surface area contributed by atoms with E-state index in [9.17, 15) is 0 Å². The van der Waals surface area contributed by atoms with Gasteiger partial charge in [-0.2, -0.15) is 0 Å². The van der Waals surface area contributed by atoms with E-state index in [1.807, 2.05) is 0 Å². The van der Waals surface area contributed by atoms with Crippen LogP contribution in [0.4, 0.5) is 5.69 Å². The van der Waals surface area contributed by atoms with Gasteiger partial charge in [-0.3, -0.25) is 0 Å². The highest BCUT2D eigenvalue weighted by Crippen LogP contribution is 2.48. The zero-order chi connectivity index (χ0) is 11.9. The van der Waals surface area contributed by atoms with Gasteiger partial charge in [-0.15, -0.1) is 0 Å². The third-order valence-electron chi connectivity index (χ3n) is 4.25. The second-order valence-corrected chi connectivity index (χ2v) is 6.20. The van der Waals surface area contributed by atoms with Crippen LogP contribution in [0.25, 0.3) is 0 Å². The molecule has 1 saturated carbocycles. The number of hydrogen-bond donors (Lipinski definition) is 1. The summed E-state index contributed by atoms with van der Waals surface area (Å²) in [6, 6.07) is 6.83. The Kier molecular flexibility index (Phi) is 2.91. The molecular weight excluding hydrogens is 276 g/mol. The molecule has 2 fully saturated rings. The normalized spacial score (nSPS) is 21.9. The van der Waals surface area contributed by atoms with Crippen LogP contribution in [-0.2, 0) is 5.41 Å². The number of nitrogens with zero attached hydrogens (tertiary/aromatic N) is 1. The van der Waals surface area contributed by atoms with E-state index in [0.717, 1.165) is 6.54 Å². The van der Waals surface area contributed by atoms with Gasteiger partial charge in [-0.1, -0.05) is 6.07 Å². The van der Waals surface area contributed by atoms with E-state index in [2.05, 4.69) is 39.0 Å². The highest BCUT2D eigenvalue weighted by molar-refractivity contribution is 9.10. The molecule has 2 N–H and O–H groups in total. The number of benzene rings is 1. The summed E-state index contributed by atoms with van der Waals surface area (Å²) in [5.41, 5.74) is 8.94. The average molecular weight is 295 g/mol. The Labute approximate surface area is 111 Å². The summed E-state index contributed by atoms with van der Waals surface area (Å²) in [6.07, 6.45) is 5.14. The fourth-order valence-corrected chi connectivity index (χ4v) is 3.44. The Hall–Kier alpha value is -0.540. The van der Waals surface area contributed by atoms with Crippen LogP contribution in [0.15, 0.2) is 22.7 Å². The van der Waals surface area contributed by atoms with E-state index < -0.39 is 0 Å². The van der Waals surface area contributed by atoms with E-state index in [4.69, 9.17) is 5.73 Å². The third-order valence-corrected chi connectivity index (χ3v) is 4.89. The van der Waals surface area contributed by atoms with Crippen molar-refractivity contribution in [2.75, 3.05) is 24.5 Å². The molecule has 1 aromatic rings. The van der Waals surface area contributed by atoms with Crippen LogP contribution >= 0.6 is 15.9 Å². The maximum absolute atomic E-state index is 5.89. The van der Waals surface area contributed by atoms with Gasteiger partial charge in [0.1, 0.15) is 0 Å². The molecule has 0 radical (unpaired) electrons. The highest BCUT2D eigenvalue weighted by Gasteiger charge is 2.43. The number of rotatable bonds is 3. The topological polar surface area (TPSA) is 29.3 Å². The Morgan fingerprint density at radius 2 is 1.94 bits per heavy atom. The van der Waals surface area contributed by atoms with Gasteiger partial charge in [0, 0.05) is 29.5 Å². The zero-order valence-electron chi connectivity index (χ0n) is 10.1. The lowest BCUT2D eigenvalue weighted by molar-refractivity contribution is 0.704. The second-order valence-electron chi connectivity index (χ2n) is 5.34. The van der Waals surface area contributed by atoms with E-state index >= 15 is 0 Å². The van der Waals surface area contributed by atoms with Crippen molar-refractivity contribution in [2.24, 2.45) is 5.73 Å². The Morgan fingerprint density at radius 3 is 2.47 bits per heavy atom. The van der Waals surface area contributed by atoms with Gasteiger partial charge in [0.15, 0.2) is 0 Å². The van der Waals surface area contributed by atoms with Crippen molar-refractivity contribution in [3.63, 3.8) is 0 Å². The number of halogens is 1. The average Bonchev–Trinajstić information content (AvgIpc) is 2.97. The van der Waals surface area contributed by atoms with Crippen molar-refractivity contribution in [2.45, 2.75) is 31.1 Å². The molecule has 1 aliphatic carbocycles. The summed E-state index contributed by atoms with van der Waals surface area (Å²) in [5.74, 6) is 0. The Morgan fingerprint density at radius 1 is 1.24 bits per heavy atom. The molecular formula is C14H19BrN2. The largest absolute Gasteiger partial charge is 0.371 e. The molecule has 0 unspecified atom stereocenters. The Bertz CT molecular complexity index is 420. The molecule has 1 aliphatic heterocycles. The predicted molar refractivity (Wildman–Crippen MR) is 75.6 cm³/mol. The molecule has 0 spiro atoms. The van der Waals surface area contributed by atoms with Gasteiger partial charge >= 0.3 is 0 Å². The minimum Gasteiger partial charge on any atom is -0.371 e. The smallest absolute Gasteiger partial charge is 0.0510 e. The summed E-state index contributed by atoms with van der Waals surface area (Å²) in [4.78, 5) is 2.47. The SMILES string of the molecule is NCC1(c2ccc(N3CCCC3)c(Br)c2)CC1. The van der Waals surface area contributed by atoms with Gasteiger partial charge < -0.3 is 10.6 Å². The molecule has 1 saturated heterocycles. The van der Waals surface area contributed by atoms with Crippen LogP contribution in [0, 0.1) is 0 Å². The van der Waals surface area contributed by atoms with Crippen LogP contribution in [0.5, 0.6) is 0 Å². The van der Waals surface area contributed by atoms with E-state index in [1.165, 1.54) is 54.5 Å². The molecule has 17 heavy (non-hydrogen) atoms. The molecule has 0 atom stereocenters. The monoisotopic (exact) mass is 294 g/mol. The molecule has 2 aliphatic rings. The van der Waals surface area contributed by atoms with Gasteiger partial charge in [-0.05, 0) is 59.3 Å². The van der Waals surface area contributed by atoms with Gasteiger partial charge in [0.05, 0.1) is 5.69 Å². The summed E-state index contributed by atoms with van der Waals surface area (Å²) >= 11 is 3.72. The highest BCUT2D eigenvalue weighted by atomic mass is 79.9. The van der Waals surface area contributed by atoms with E-state index in [1.54, 1.807) is 0 Å². The van der Waals surface area contributed by atoms with Gasteiger partial charge in [0.25, 0.3) is 0 Å². The predicted octanol–water partition coefficient (Wildman–Crippen LogP) is 3.04. The van der Waals surface area contributed by atoms with Crippen molar-refractivity contribution in [3.8, 4) is 0 Å². The molecule has 1 heterocycles. The number of nitrogens with two attached hydrogens (primary N) is 1. The maximum atomic E-state index is 5.89. The molecule has 3 heteroatoms. The molecule has 0 bridgehead atoms. The summed E-state index contributed by atoms with van der Waals surface area (Å²) < 4.78 is 1.23. The minimum absolute atomic E-state index is 0.298. The summed E-state index contributed by atoms with van der Waals surface area (Å²) in [6.45, 7) is 3.17. The van der Waals surface area contributed by atoms with Gasteiger partial charge in [0.2, 0.25) is 0 Å². The molecule has 2 nitrogen and oxygen atoms in total. The fraction of sp³-hybridized carbons (Fsp3) is 0.571. The second kappa shape index (κ2) is 4.29.